The fourth-order valence-corrected chi connectivity index (χ4v) is 4.93. The highest BCUT2D eigenvalue weighted by atomic mass is 32.1. The number of methoxy groups -OCH3 is 1. The number of anilines is 1. The first kappa shape index (κ1) is 22.3. The lowest BCUT2D eigenvalue weighted by Crippen LogP contribution is -2.47. The molecule has 0 aliphatic carbocycles. The van der Waals surface area contributed by atoms with Gasteiger partial charge in [-0.25, -0.2) is 0 Å². The Morgan fingerprint density at radius 3 is 2.72 bits per heavy atom. The monoisotopic (exact) mass is 450 g/mol. The average molecular weight is 451 g/mol. The minimum absolute atomic E-state index is 0.0231. The predicted octanol–water partition coefficient (Wildman–Crippen LogP) is 4.07. The fourth-order valence-electron chi connectivity index (χ4n) is 4.11. The van der Waals surface area contributed by atoms with Gasteiger partial charge in [-0.3, -0.25) is 14.7 Å². The van der Waals surface area contributed by atoms with Crippen molar-refractivity contribution in [2.24, 2.45) is 0 Å². The van der Waals surface area contributed by atoms with Gasteiger partial charge in [-0.15, -0.1) is 0 Å². The first-order chi connectivity index (χ1) is 15.7. The van der Waals surface area contributed by atoms with E-state index >= 15 is 0 Å². The first-order valence-corrected chi connectivity index (χ1v) is 12.0. The highest BCUT2D eigenvalue weighted by molar-refractivity contribution is 7.08. The Bertz CT molecular complexity index is 1040. The summed E-state index contributed by atoms with van der Waals surface area (Å²) < 4.78 is 5.47. The molecular formula is C25H30N4O2S. The van der Waals surface area contributed by atoms with Crippen molar-refractivity contribution >= 4 is 22.9 Å². The van der Waals surface area contributed by atoms with E-state index in [9.17, 15) is 4.79 Å². The number of pyridine rings is 1. The molecule has 7 heteroatoms. The number of aryl methyl sites for hydroxylation is 1. The van der Waals surface area contributed by atoms with Crippen LogP contribution in [-0.4, -0.2) is 62.2 Å². The van der Waals surface area contributed by atoms with Crippen LogP contribution in [0.4, 0.5) is 5.69 Å². The molecule has 1 saturated heterocycles. The summed E-state index contributed by atoms with van der Waals surface area (Å²) in [7, 11) is 1.66. The van der Waals surface area contributed by atoms with Crippen LogP contribution < -0.4 is 15.0 Å². The molecule has 168 valence electrons. The Morgan fingerprint density at radius 1 is 1.12 bits per heavy atom. The van der Waals surface area contributed by atoms with Crippen LogP contribution in [0.5, 0.6) is 5.75 Å². The number of hydrogen-bond acceptors (Lipinski definition) is 6. The van der Waals surface area contributed by atoms with E-state index < -0.39 is 0 Å². The van der Waals surface area contributed by atoms with Crippen LogP contribution in [-0.2, 0) is 0 Å². The Labute approximate surface area is 193 Å². The Hall–Kier alpha value is -2.90. The van der Waals surface area contributed by atoms with Crippen molar-refractivity contribution in [3.8, 4) is 16.9 Å². The second-order valence-corrected chi connectivity index (χ2v) is 8.74. The molecule has 0 spiro atoms. The molecule has 1 aromatic carbocycles. The van der Waals surface area contributed by atoms with Gasteiger partial charge in [-0.2, -0.15) is 11.3 Å². The number of rotatable bonds is 8. The summed E-state index contributed by atoms with van der Waals surface area (Å²) in [6.45, 7) is 7.81. The Kier molecular flexibility index (Phi) is 7.39. The van der Waals surface area contributed by atoms with E-state index in [1.807, 2.05) is 48.1 Å². The molecule has 2 aromatic heterocycles. The molecule has 1 aliphatic rings. The van der Waals surface area contributed by atoms with Gasteiger partial charge >= 0.3 is 0 Å². The number of piperazine rings is 1. The van der Waals surface area contributed by atoms with Gasteiger partial charge < -0.3 is 15.0 Å². The number of nitrogens with one attached hydrogen (secondary N) is 1. The quantitative estimate of drug-likeness (QED) is 0.525. The summed E-state index contributed by atoms with van der Waals surface area (Å²) in [5.41, 5.74) is 4.89. The van der Waals surface area contributed by atoms with Gasteiger partial charge in [-0.1, -0.05) is 18.2 Å². The lowest BCUT2D eigenvalue weighted by molar-refractivity contribution is 0.0952. The summed E-state index contributed by atoms with van der Waals surface area (Å²) in [5, 5.41) is 7.02. The van der Waals surface area contributed by atoms with E-state index in [1.54, 1.807) is 7.11 Å². The van der Waals surface area contributed by atoms with Gasteiger partial charge in [0.05, 0.1) is 12.7 Å². The zero-order valence-electron chi connectivity index (χ0n) is 18.7. The van der Waals surface area contributed by atoms with E-state index in [0.29, 0.717) is 12.1 Å². The van der Waals surface area contributed by atoms with Crippen LogP contribution in [0.2, 0.25) is 0 Å². The molecule has 1 N–H and O–H groups in total. The molecule has 0 saturated carbocycles. The van der Waals surface area contributed by atoms with Crippen LogP contribution in [0, 0.1) is 6.92 Å². The van der Waals surface area contributed by atoms with E-state index in [1.165, 1.54) is 17.0 Å². The summed E-state index contributed by atoms with van der Waals surface area (Å²) >= 11 is 1.54. The summed E-state index contributed by atoms with van der Waals surface area (Å²) in [6.07, 6.45) is 2.82. The van der Waals surface area contributed by atoms with Gasteiger partial charge in [0.15, 0.2) is 0 Å². The summed E-state index contributed by atoms with van der Waals surface area (Å²) in [5.74, 6) is 0.756. The highest BCUT2D eigenvalue weighted by Gasteiger charge is 2.18. The molecule has 1 amide bonds. The maximum absolute atomic E-state index is 12.8. The Morgan fingerprint density at radius 2 is 1.94 bits per heavy atom. The van der Waals surface area contributed by atoms with Crippen LogP contribution in [0.3, 0.4) is 0 Å². The molecule has 0 bridgehead atoms. The average Bonchev–Trinajstić information content (AvgIpc) is 3.32. The number of para-hydroxylation sites is 1. The minimum atomic E-state index is -0.0231. The molecule has 1 aliphatic heterocycles. The standard InChI is InChI=1S/C25H30N4O2S/c1-19-16-20(8-10-26-19)29-14-12-28(13-15-29)11-5-9-27-25(30)23-18-32-17-22(23)21-6-3-4-7-24(21)31-2/h3-4,6-8,10,16-18H,5,9,11-15H2,1-2H3,(H,27,30). The van der Waals surface area contributed by atoms with E-state index in [4.69, 9.17) is 4.74 Å². The first-order valence-electron chi connectivity index (χ1n) is 11.0. The second kappa shape index (κ2) is 10.6. The third-order valence-corrected chi connectivity index (χ3v) is 6.60. The molecule has 4 rings (SSSR count). The normalized spacial score (nSPS) is 14.4. The second-order valence-electron chi connectivity index (χ2n) is 7.99. The number of thiophene rings is 1. The maximum Gasteiger partial charge on any atom is 0.252 e. The molecular weight excluding hydrogens is 420 g/mol. The van der Waals surface area contributed by atoms with E-state index in [0.717, 1.165) is 61.7 Å². The van der Waals surface area contributed by atoms with Crippen LogP contribution in [0.25, 0.3) is 11.1 Å². The smallest absolute Gasteiger partial charge is 0.252 e. The predicted molar refractivity (Wildman–Crippen MR) is 131 cm³/mol. The minimum Gasteiger partial charge on any atom is -0.496 e. The maximum atomic E-state index is 12.8. The van der Waals surface area contributed by atoms with Crippen molar-refractivity contribution in [3.63, 3.8) is 0 Å². The number of ether oxygens (including phenoxy) is 1. The van der Waals surface area contributed by atoms with Gasteiger partial charge in [0.2, 0.25) is 0 Å². The van der Waals surface area contributed by atoms with Gasteiger partial charge in [0.25, 0.3) is 5.91 Å². The molecule has 3 heterocycles. The summed E-state index contributed by atoms with van der Waals surface area (Å²) in [4.78, 5) is 22.0. The number of nitrogens with zero attached hydrogens (tertiary/aromatic N) is 3. The number of hydrogen-bond donors (Lipinski definition) is 1. The number of carbonyl (C=O) groups excluding carboxylic acids is 1. The largest absolute Gasteiger partial charge is 0.496 e. The third kappa shape index (κ3) is 5.29. The van der Waals surface area contributed by atoms with Crippen LogP contribution in [0.1, 0.15) is 22.5 Å². The topological polar surface area (TPSA) is 57.7 Å². The van der Waals surface area contributed by atoms with Gasteiger partial charge in [-0.05, 0) is 43.5 Å². The molecule has 0 unspecified atom stereocenters. The molecule has 1 fully saturated rings. The zero-order chi connectivity index (χ0) is 22.3. The molecule has 0 radical (unpaired) electrons. The van der Waals surface area contributed by atoms with E-state index in [2.05, 4.69) is 32.2 Å². The van der Waals surface area contributed by atoms with Gasteiger partial charge in [0, 0.05) is 66.8 Å². The fraction of sp³-hybridized carbons (Fsp3) is 0.360. The van der Waals surface area contributed by atoms with Crippen molar-refractivity contribution in [1.29, 1.82) is 0 Å². The highest BCUT2D eigenvalue weighted by Crippen LogP contribution is 2.34. The van der Waals surface area contributed by atoms with Crippen molar-refractivity contribution in [2.75, 3.05) is 51.3 Å². The molecule has 6 nitrogen and oxygen atoms in total. The number of benzene rings is 1. The zero-order valence-corrected chi connectivity index (χ0v) is 19.5. The molecule has 3 aromatic rings. The van der Waals surface area contributed by atoms with Crippen molar-refractivity contribution < 1.29 is 9.53 Å². The van der Waals surface area contributed by atoms with Crippen LogP contribution in [0.15, 0.2) is 53.4 Å². The van der Waals surface area contributed by atoms with Crippen molar-refractivity contribution in [3.05, 3.63) is 64.6 Å². The third-order valence-electron chi connectivity index (χ3n) is 5.86. The lowest BCUT2D eigenvalue weighted by Gasteiger charge is -2.36. The van der Waals surface area contributed by atoms with Crippen molar-refractivity contribution in [1.82, 2.24) is 15.2 Å². The number of carbonyl (C=O) groups is 1. The van der Waals surface area contributed by atoms with Gasteiger partial charge in [0.1, 0.15) is 5.75 Å². The Balaban J connectivity index is 1.23. The van der Waals surface area contributed by atoms with Crippen molar-refractivity contribution in [2.45, 2.75) is 13.3 Å². The summed E-state index contributed by atoms with van der Waals surface area (Å²) in [6, 6.07) is 12.0. The SMILES string of the molecule is COc1ccccc1-c1cscc1C(=O)NCCCN1CCN(c2ccnc(C)c2)CC1. The lowest BCUT2D eigenvalue weighted by atomic mass is 10.0. The number of aromatic nitrogens is 1. The van der Waals surface area contributed by atoms with Crippen LogP contribution >= 0.6 is 11.3 Å². The molecule has 32 heavy (non-hydrogen) atoms. The van der Waals surface area contributed by atoms with E-state index in [-0.39, 0.29) is 5.91 Å². The molecule has 0 atom stereocenters. The number of amides is 1.